The summed E-state index contributed by atoms with van der Waals surface area (Å²) in [6.07, 6.45) is 12.3. The largest absolute Gasteiger partial charge is 0.458 e. The van der Waals surface area contributed by atoms with Gasteiger partial charge >= 0.3 is 5.97 Å². The van der Waals surface area contributed by atoms with Gasteiger partial charge in [0, 0.05) is 18.4 Å². The summed E-state index contributed by atoms with van der Waals surface area (Å²) < 4.78 is 5.94. The fourth-order valence-electron chi connectivity index (χ4n) is 8.91. The highest BCUT2D eigenvalue weighted by Crippen LogP contribution is 2.67. The van der Waals surface area contributed by atoms with Gasteiger partial charge in [0.25, 0.3) is 0 Å². The van der Waals surface area contributed by atoms with Crippen molar-refractivity contribution >= 4 is 11.8 Å². The lowest BCUT2D eigenvalue weighted by molar-refractivity contribution is -0.151. The number of fused-ring (bicyclic) bond motifs is 5. The van der Waals surface area contributed by atoms with Crippen LogP contribution >= 0.6 is 0 Å². The third-order valence-electron chi connectivity index (χ3n) is 11.0. The smallest absolute Gasteiger partial charge is 0.333 e. The molecular weight excluding hydrogens is 384 g/mol. The molecule has 0 saturated heterocycles. The Hall–Kier alpha value is -1.38. The van der Waals surface area contributed by atoms with Crippen LogP contribution in [0.4, 0.5) is 0 Å². The molecule has 0 amide bonds. The highest BCUT2D eigenvalue weighted by molar-refractivity contribution is 5.91. The SMILES string of the molecule is CC1=C(C)C(=O)O[C@H]([C@@H](C)[C@H]2CC[C@H]3[C@@H]4CCC5=CC(=O)CC[C@]5(C)[C@H]4CC[C@]23C)C1. The Bertz CT molecular complexity index is 865. The quantitative estimate of drug-likeness (QED) is 0.480. The van der Waals surface area contributed by atoms with Gasteiger partial charge in [-0.15, -0.1) is 0 Å². The topological polar surface area (TPSA) is 43.4 Å². The first-order valence-corrected chi connectivity index (χ1v) is 12.8. The zero-order valence-corrected chi connectivity index (χ0v) is 20.1. The standard InChI is InChI=1S/C28H40O3/c1-16-14-25(31-26(30)17(16)2)18(3)22-8-9-23-21-7-6-19-15-20(29)10-12-27(19,4)24(21)11-13-28(22,23)5/h15,18,21-25H,6-14H2,1-5H3/t18-,21-,22+,23-,24-,25-,27-,28+/m0/s1. The minimum absolute atomic E-state index is 0.0391. The van der Waals surface area contributed by atoms with Gasteiger partial charge in [-0.05, 0) is 105 Å². The average Bonchev–Trinajstić information content (AvgIpc) is 3.08. The van der Waals surface area contributed by atoms with Crippen LogP contribution in [0, 0.1) is 40.4 Å². The van der Waals surface area contributed by atoms with E-state index in [9.17, 15) is 9.59 Å². The monoisotopic (exact) mass is 424 g/mol. The van der Waals surface area contributed by atoms with Crippen molar-refractivity contribution < 1.29 is 14.3 Å². The fourth-order valence-corrected chi connectivity index (χ4v) is 8.91. The van der Waals surface area contributed by atoms with E-state index in [1.807, 2.05) is 13.0 Å². The maximum atomic E-state index is 12.4. The van der Waals surface area contributed by atoms with E-state index >= 15 is 0 Å². The third-order valence-corrected chi connectivity index (χ3v) is 11.0. The maximum absolute atomic E-state index is 12.4. The molecule has 0 aromatic rings. The summed E-state index contributed by atoms with van der Waals surface area (Å²) in [4.78, 5) is 24.4. The van der Waals surface area contributed by atoms with Gasteiger partial charge in [-0.2, -0.15) is 0 Å². The molecule has 0 bridgehead atoms. The van der Waals surface area contributed by atoms with Crippen molar-refractivity contribution in [2.45, 2.75) is 98.5 Å². The molecule has 0 spiro atoms. The summed E-state index contributed by atoms with van der Waals surface area (Å²) >= 11 is 0. The van der Waals surface area contributed by atoms with E-state index in [0.29, 0.717) is 23.0 Å². The van der Waals surface area contributed by atoms with Crippen LogP contribution in [0.3, 0.4) is 0 Å². The number of hydrogen-bond acceptors (Lipinski definition) is 3. The van der Waals surface area contributed by atoms with Crippen molar-refractivity contribution in [3.8, 4) is 0 Å². The van der Waals surface area contributed by atoms with Gasteiger partial charge < -0.3 is 4.74 Å². The molecule has 5 aliphatic rings. The summed E-state index contributed by atoms with van der Waals surface area (Å²) in [5.41, 5.74) is 4.09. The molecule has 3 saturated carbocycles. The minimum Gasteiger partial charge on any atom is -0.458 e. The van der Waals surface area contributed by atoms with Crippen molar-refractivity contribution in [3.63, 3.8) is 0 Å². The molecule has 0 aromatic carbocycles. The van der Waals surface area contributed by atoms with Crippen LogP contribution in [0.5, 0.6) is 0 Å². The molecule has 1 heterocycles. The highest BCUT2D eigenvalue weighted by atomic mass is 16.5. The molecule has 3 fully saturated rings. The lowest BCUT2D eigenvalue weighted by Gasteiger charge is -2.58. The second-order valence-corrected chi connectivity index (χ2v) is 12.1. The first-order chi connectivity index (χ1) is 14.6. The molecule has 4 aliphatic carbocycles. The number of carbonyl (C=O) groups is 2. The van der Waals surface area contributed by atoms with Gasteiger partial charge in [-0.25, -0.2) is 4.79 Å². The van der Waals surface area contributed by atoms with E-state index in [1.165, 1.54) is 43.3 Å². The van der Waals surface area contributed by atoms with Gasteiger partial charge in [0.2, 0.25) is 0 Å². The lowest BCUT2D eigenvalue weighted by Crippen LogP contribution is -2.51. The summed E-state index contributed by atoms with van der Waals surface area (Å²) in [7, 11) is 0. The minimum atomic E-state index is -0.102. The van der Waals surface area contributed by atoms with Gasteiger partial charge in [0.1, 0.15) is 6.10 Å². The summed E-state index contributed by atoms with van der Waals surface area (Å²) in [6, 6.07) is 0. The number of allylic oxidation sites excluding steroid dienone is 1. The first kappa shape index (κ1) is 21.5. The Morgan fingerprint density at radius 1 is 1.00 bits per heavy atom. The Morgan fingerprint density at radius 3 is 2.52 bits per heavy atom. The second kappa shape index (κ2) is 7.32. The third kappa shape index (κ3) is 3.12. The predicted octanol–water partition coefficient (Wildman–Crippen LogP) is 6.42. The molecule has 1 aliphatic heterocycles. The zero-order chi connectivity index (χ0) is 22.1. The summed E-state index contributed by atoms with van der Waals surface area (Å²) in [5.74, 6) is 3.63. The molecule has 0 N–H and O–H groups in total. The van der Waals surface area contributed by atoms with Crippen LogP contribution in [-0.4, -0.2) is 17.9 Å². The number of ether oxygens (including phenoxy) is 1. The average molecular weight is 425 g/mol. The molecule has 0 radical (unpaired) electrons. The molecular formula is C28H40O3. The van der Waals surface area contributed by atoms with Crippen molar-refractivity contribution in [1.82, 2.24) is 0 Å². The molecule has 170 valence electrons. The molecule has 0 unspecified atom stereocenters. The molecule has 31 heavy (non-hydrogen) atoms. The number of ketones is 1. The van der Waals surface area contributed by atoms with Crippen LogP contribution < -0.4 is 0 Å². The molecule has 8 atom stereocenters. The van der Waals surface area contributed by atoms with E-state index < -0.39 is 0 Å². The normalized spacial score (nSPS) is 46.0. The number of hydrogen-bond donors (Lipinski definition) is 0. The van der Waals surface area contributed by atoms with Crippen LogP contribution in [0.1, 0.15) is 92.4 Å². The van der Waals surface area contributed by atoms with Crippen LogP contribution in [-0.2, 0) is 14.3 Å². The Balaban J connectivity index is 1.38. The Morgan fingerprint density at radius 2 is 1.77 bits per heavy atom. The van der Waals surface area contributed by atoms with E-state index in [0.717, 1.165) is 49.0 Å². The highest BCUT2D eigenvalue weighted by Gasteiger charge is 2.60. The summed E-state index contributed by atoms with van der Waals surface area (Å²) in [6.45, 7) is 11.4. The van der Waals surface area contributed by atoms with Crippen molar-refractivity contribution in [2.24, 2.45) is 40.4 Å². The fraction of sp³-hybridized carbons (Fsp3) is 0.786. The molecule has 3 nitrogen and oxygen atoms in total. The number of carbonyl (C=O) groups excluding carboxylic acids is 2. The number of rotatable bonds is 2. The number of cyclic esters (lactones) is 1. The van der Waals surface area contributed by atoms with E-state index in [2.05, 4.69) is 27.7 Å². The molecule has 5 rings (SSSR count). The molecule has 0 aromatic heterocycles. The first-order valence-electron chi connectivity index (χ1n) is 12.8. The van der Waals surface area contributed by atoms with Crippen molar-refractivity contribution in [1.29, 1.82) is 0 Å². The lowest BCUT2D eigenvalue weighted by atomic mass is 9.46. The zero-order valence-electron chi connectivity index (χ0n) is 20.1. The van der Waals surface area contributed by atoms with Crippen LogP contribution in [0.2, 0.25) is 0 Å². The van der Waals surface area contributed by atoms with Crippen LogP contribution in [0.15, 0.2) is 22.8 Å². The second-order valence-electron chi connectivity index (χ2n) is 12.1. The number of esters is 1. The molecule has 3 heteroatoms. The maximum Gasteiger partial charge on any atom is 0.333 e. The van der Waals surface area contributed by atoms with Crippen molar-refractivity contribution in [3.05, 3.63) is 22.8 Å². The van der Waals surface area contributed by atoms with Gasteiger partial charge in [-0.3, -0.25) is 4.79 Å². The van der Waals surface area contributed by atoms with E-state index in [1.54, 1.807) is 0 Å². The van der Waals surface area contributed by atoms with E-state index in [-0.39, 0.29) is 17.5 Å². The summed E-state index contributed by atoms with van der Waals surface area (Å²) in [5, 5.41) is 0. The van der Waals surface area contributed by atoms with Crippen LogP contribution in [0.25, 0.3) is 0 Å². The van der Waals surface area contributed by atoms with Crippen molar-refractivity contribution in [2.75, 3.05) is 0 Å². The van der Waals surface area contributed by atoms with Gasteiger partial charge in [-0.1, -0.05) is 31.9 Å². The van der Waals surface area contributed by atoms with Gasteiger partial charge in [0.15, 0.2) is 5.78 Å². The Labute approximate surface area is 188 Å². The van der Waals surface area contributed by atoms with Gasteiger partial charge in [0.05, 0.1) is 0 Å². The van der Waals surface area contributed by atoms with E-state index in [4.69, 9.17) is 4.74 Å². The predicted molar refractivity (Wildman–Crippen MR) is 122 cm³/mol. The Kier molecular flexibility index (Phi) is 5.07.